The van der Waals surface area contributed by atoms with Crippen LogP contribution < -0.4 is 16.0 Å². The fourth-order valence-corrected chi connectivity index (χ4v) is 1.97. The summed E-state index contributed by atoms with van der Waals surface area (Å²) < 4.78 is 0. The van der Waals surface area contributed by atoms with Crippen molar-refractivity contribution in [2.24, 2.45) is 0 Å². The largest absolute Gasteiger partial charge is 0.376 e. The van der Waals surface area contributed by atoms with Gasteiger partial charge >= 0.3 is 0 Å². The van der Waals surface area contributed by atoms with E-state index in [1.807, 2.05) is 0 Å². The first kappa shape index (κ1) is 16.8. The second-order valence-electron chi connectivity index (χ2n) is 4.89. The minimum atomic E-state index is -0.162. The zero-order chi connectivity index (χ0) is 16.7. The second-order valence-corrected chi connectivity index (χ2v) is 5.32. The maximum Gasteiger partial charge on any atom is 0.243 e. The summed E-state index contributed by atoms with van der Waals surface area (Å²) in [4.78, 5) is 23.2. The lowest BCUT2D eigenvalue weighted by Gasteiger charge is -2.09. The lowest BCUT2D eigenvalue weighted by molar-refractivity contribution is -0.116. The Hall–Kier alpha value is -2.53. The van der Waals surface area contributed by atoms with Gasteiger partial charge < -0.3 is 16.0 Å². The van der Waals surface area contributed by atoms with E-state index in [1.165, 1.54) is 0 Å². The van der Waals surface area contributed by atoms with Gasteiger partial charge in [0.15, 0.2) is 0 Å². The molecule has 2 aromatic carbocycles. The van der Waals surface area contributed by atoms with E-state index in [0.717, 1.165) is 5.69 Å². The number of anilines is 3. The molecule has 0 fully saturated rings. The molecule has 0 saturated heterocycles. The summed E-state index contributed by atoms with van der Waals surface area (Å²) in [6.07, 6.45) is 0.425. The Morgan fingerprint density at radius 1 is 0.826 bits per heavy atom. The van der Waals surface area contributed by atoms with Crippen LogP contribution >= 0.6 is 11.6 Å². The summed E-state index contributed by atoms with van der Waals surface area (Å²) in [6.45, 7) is 1.94. The van der Waals surface area contributed by atoms with Crippen molar-refractivity contribution >= 4 is 40.5 Å². The van der Waals surface area contributed by atoms with Gasteiger partial charge in [-0.2, -0.15) is 0 Å². The Balaban J connectivity index is 1.82. The van der Waals surface area contributed by atoms with Gasteiger partial charge in [0.1, 0.15) is 0 Å². The van der Waals surface area contributed by atoms with E-state index in [4.69, 9.17) is 11.6 Å². The maximum atomic E-state index is 11.9. The lowest BCUT2D eigenvalue weighted by Crippen LogP contribution is -2.21. The summed E-state index contributed by atoms with van der Waals surface area (Å²) >= 11 is 5.80. The molecule has 0 radical (unpaired) electrons. The van der Waals surface area contributed by atoms with E-state index in [1.54, 1.807) is 55.5 Å². The standard InChI is InChI=1S/C17H18ClN3O2/c1-2-16(22)20-14-7-9-15(10-8-14)21-17(23)11-19-13-5-3-12(18)4-6-13/h3-10,19H,2,11H2,1H3,(H,20,22)(H,21,23). The third kappa shape index (κ3) is 5.64. The van der Waals surface area contributed by atoms with Crippen molar-refractivity contribution in [3.63, 3.8) is 0 Å². The van der Waals surface area contributed by atoms with Crippen molar-refractivity contribution in [1.82, 2.24) is 0 Å². The first-order valence-corrected chi connectivity index (χ1v) is 7.64. The molecule has 0 aliphatic heterocycles. The third-order valence-electron chi connectivity index (χ3n) is 3.07. The summed E-state index contributed by atoms with van der Waals surface area (Å²) in [5.74, 6) is -0.209. The molecule has 2 amide bonds. The molecule has 0 aromatic heterocycles. The molecular formula is C17H18ClN3O2. The number of carbonyl (C=O) groups excluding carboxylic acids is 2. The van der Waals surface area contributed by atoms with Crippen LogP contribution in [0, 0.1) is 0 Å². The summed E-state index contributed by atoms with van der Waals surface area (Å²) in [7, 11) is 0. The van der Waals surface area contributed by atoms with Crippen LogP contribution in [0.1, 0.15) is 13.3 Å². The van der Waals surface area contributed by atoms with Gasteiger partial charge in [-0.15, -0.1) is 0 Å². The minimum Gasteiger partial charge on any atom is -0.376 e. The number of halogens is 1. The average Bonchev–Trinajstić information content (AvgIpc) is 2.56. The maximum absolute atomic E-state index is 11.9. The van der Waals surface area contributed by atoms with Gasteiger partial charge in [-0.1, -0.05) is 18.5 Å². The molecule has 0 heterocycles. The van der Waals surface area contributed by atoms with E-state index < -0.39 is 0 Å². The van der Waals surface area contributed by atoms with Crippen molar-refractivity contribution in [3.05, 3.63) is 53.6 Å². The second kappa shape index (κ2) is 8.19. The van der Waals surface area contributed by atoms with E-state index in [-0.39, 0.29) is 18.4 Å². The predicted molar refractivity (Wildman–Crippen MR) is 93.9 cm³/mol. The first-order chi connectivity index (χ1) is 11.1. The van der Waals surface area contributed by atoms with Gasteiger partial charge in [0, 0.05) is 28.5 Å². The molecule has 0 unspecified atom stereocenters. The number of nitrogens with one attached hydrogen (secondary N) is 3. The van der Waals surface area contributed by atoms with E-state index in [0.29, 0.717) is 22.8 Å². The highest BCUT2D eigenvalue weighted by atomic mass is 35.5. The molecule has 2 aromatic rings. The Bertz CT molecular complexity index is 669. The average molecular weight is 332 g/mol. The van der Waals surface area contributed by atoms with Gasteiger partial charge in [-0.25, -0.2) is 0 Å². The number of carbonyl (C=O) groups is 2. The Morgan fingerprint density at radius 2 is 1.30 bits per heavy atom. The quantitative estimate of drug-likeness (QED) is 0.755. The fourth-order valence-electron chi connectivity index (χ4n) is 1.84. The van der Waals surface area contributed by atoms with E-state index >= 15 is 0 Å². The van der Waals surface area contributed by atoms with Crippen LogP contribution in [0.15, 0.2) is 48.5 Å². The van der Waals surface area contributed by atoms with Crippen LogP contribution in [-0.4, -0.2) is 18.4 Å². The van der Waals surface area contributed by atoms with Crippen molar-refractivity contribution in [3.8, 4) is 0 Å². The van der Waals surface area contributed by atoms with Crippen molar-refractivity contribution in [1.29, 1.82) is 0 Å². The Labute approximate surface area is 140 Å². The number of hydrogen-bond donors (Lipinski definition) is 3. The summed E-state index contributed by atoms with van der Waals surface area (Å²) in [5.41, 5.74) is 2.19. The van der Waals surface area contributed by atoms with Crippen LogP contribution in [-0.2, 0) is 9.59 Å². The highest BCUT2D eigenvalue weighted by molar-refractivity contribution is 6.30. The Morgan fingerprint density at radius 3 is 1.83 bits per heavy atom. The molecule has 0 spiro atoms. The normalized spacial score (nSPS) is 10.0. The molecule has 2 rings (SSSR count). The molecule has 5 nitrogen and oxygen atoms in total. The highest BCUT2D eigenvalue weighted by Crippen LogP contribution is 2.15. The predicted octanol–water partition coefficient (Wildman–Crippen LogP) is 3.74. The Kier molecular flexibility index (Phi) is 6.00. The van der Waals surface area contributed by atoms with Crippen molar-refractivity contribution in [2.75, 3.05) is 22.5 Å². The number of benzene rings is 2. The monoisotopic (exact) mass is 331 g/mol. The van der Waals surface area contributed by atoms with Crippen LogP contribution in [0.4, 0.5) is 17.1 Å². The number of amides is 2. The van der Waals surface area contributed by atoms with Crippen LogP contribution in [0.3, 0.4) is 0 Å². The molecule has 0 atom stereocenters. The fraction of sp³-hybridized carbons (Fsp3) is 0.176. The van der Waals surface area contributed by atoms with Crippen LogP contribution in [0.2, 0.25) is 5.02 Å². The summed E-state index contributed by atoms with van der Waals surface area (Å²) in [5, 5.41) is 9.18. The van der Waals surface area contributed by atoms with Gasteiger partial charge in [0.2, 0.25) is 11.8 Å². The number of hydrogen-bond acceptors (Lipinski definition) is 3. The van der Waals surface area contributed by atoms with Gasteiger partial charge in [-0.05, 0) is 48.5 Å². The molecule has 23 heavy (non-hydrogen) atoms. The molecule has 6 heteroatoms. The van der Waals surface area contributed by atoms with E-state index in [9.17, 15) is 9.59 Å². The van der Waals surface area contributed by atoms with E-state index in [2.05, 4.69) is 16.0 Å². The smallest absolute Gasteiger partial charge is 0.243 e. The minimum absolute atomic E-state index is 0.0473. The zero-order valence-corrected chi connectivity index (χ0v) is 13.5. The van der Waals surface area contributed by atoms with Crippen molar-refractivity contribution in [2.45, 2.75) is 13.3 Å². The molecule has 0 saturated carbocycles. The van der Waals surface area contributed by atoms with Crippen molar-refractivity contribution < 1.29 is 9.59 Å². The molecule has 3 N–H and O–H groups in total. The van der Waals surface area contributed by atoms with Gasteiger partial charge in [-0.3, -0.25) is 9.59 Å². The molecule has 0 aliphatic carbocycles. The first-order valence-electron chi connectivity index (χ1n) is 7.26. The third-order valence-corrected chi connectivity index (χ3v) is 3.32. The van der Waals surface area contributed by atoms with Gasteiger partial charge in [0.25, 0.3) is 0 Å². The SMILES string of the molecule is CCC(=O)Nc1ccc(NC(=O)CNc2ccc(Cl)cc2)cc1. The molecular weight excluding hydrogens is 314 g/mol. The van der Waals surface area contributed by atoms with Gasteiger partial charge in [0.05, 0.1) is 6.54 Å². The summed E-state index contributed by atoms with van der Waals surface area (Å²) in [6, 6.07) is 14.1. The number of rotatable bonds is 6. The van der Waals surface area contributed by atoms with Crippen LogP contribution in [0.25, 0.3) is 0 Å². The zero-order valence-electron chi connectivity index (χ0n) is 12.7. The highest BCUT2D eigenvalue weighted by Gasteiger charge is 2.03. The topological polar surface area (TPSA) is 70.2 Å². The molecule has 120 valence electrons. The van der Waals surface area contributed by atoms with Crippen LogP contribution in [0.5, 0.6) is 0 Å². The molecule has 0 aliphatic rings. The molecule has 0 bridgehead atoms. The lowest BCUT2D eigenvalue weighted by atomic mass is 10.2.